The second-order valence-corrected chi connectivity index (χ2v) is 5.21. The highest BCUT2D eigenvalue weighted by atomic mass is 19.1. The van der Waals surface area contributed by atoms with Gasteiger partial charge in [0.15, 0.2) is 0 Å². The third-order valence-electron chi connectivity index (χ3n) is 3.61. The highest BCUT2D eigenvalue weighted by molar-refractivity contribution is 5.89. The van der Waals surface area contributed by atoms with Gasteiger partial charge >= 0.3 is 5.97 Å². The Morgan fingerprint density at radius 1 is 1.14 bits per heavy atom. The average molecular weight is 287 g/mol. The fraction of sp³-hybridized carbons (Fsp3) is 0.235. The summed E-state index contributed by atoms with van der Waals surface area (Å²) in [6.07, 6.45) is 0. The fourth-order valence-corrected chi connectivity index (χ4v) is 2.15. The van der Waals surface area contributed by atoms with Crippen molar-refractivity contribution in [3.05, 3.63) is 64.5 Å². The lowest BCUT2D eigenvalue weighted by atomic mass is 10.0. The van der Waals surface area contributed by atoms with Crippen molar-refractivity contribution in [2.24, 2.45) is 0 Å². The van der Waals surface area contributed by atoms with Crippen LogP contribution in [0.5, 0.6) is 0 Å². The van der Waals surface area contributed by atoms with Crippen molar-refractivity contribution in [2.45, 2.75) is 26.8 Å². The van der Waals surface area contributed by atoms with E-state index in [1.807, 2.05) is 19.9 Å². The molecular weight excluding hydrogens is 269 g/mol. The first-order valence-corrected chi connectivity index (χ1v) is 6.75. The largest absolute Gasteiger partial charge is 0.478 e. The van der Waals surface area contributed by atoms with Crippen LogP contribution in [-0.4, -0.2) is 11.1 Å². The van der Waals surface area contributed by atoms with Crippen LogP contribution in [0.3, 0.4) is 0 Å². The summed E-state index contributed by atoms with van der Waals surface area (Å²) in [7, 11) is 0. The van der Waals surface area contributed by atoms with E-state index in [9.17, 15) is 9.18 Å². The van der Waals surface area contributed by atoms with Gasteiger partial charge in [-0.1, -0.05) is 18.2 Å². The molecule has 0 spiro atoms. The summed E-state index contributed by atoms with van der Waals surface area (Å²) in [6.45, 7) is 6.08. The lowest BCUT2D eigenvalue weighted by Crippen LogP contribution is -2.09. The first kappa shape index (κ1) is 15.0. The SMILES string of the molecule is Cc1ccc(C(C)Nc2ccc(F)c(C(=O)O)c2)cc1C. The van der Waals surface area contributed by atoms with E-state index in [1.54, 1.807) is 6.07 Å². The molecule has 110 valence electrons. The quantitative estimate of drug-likeness (QED) is 0.880. The lowest BCUT2D eigenvalue weighted by Gasteiger charge is -2.17. The van der Waals surface area contributed by atoms with Crippen LogP contribution < -0.4 is 5.32 Å². The van der Waals surface area contributed by atoms with Gasteiger partial charge in [0.25, 0.3) is 0 Å². The molecule has 2 rings (SSSR count). The van der Waals surface area contributed by atoms with E-state index >= 15 is 0 Å². The molecule has 2 aromatic carbocycles. The van der Waals surface area contributed by atoms with Crippen molar-refractivity contribution in [1.29, 1.82) is 0 Å². The first-order valence-electron chi connectivity index (χ1n) is 6.75. The molecule has 0 aliphatic rings. The summed E-state index contributed by atoms with van der Waals surface area (Å²) in [5.41, 5.74) is 3.78. The monoisotopic (exact) mass is 287 g/mol. The molecule has 0 radical (unpaired) electrons. The number of halogens is 1. The fourth-order valence-electron chi connectivity index (χ4n) is 2.15. The molecule has 0 saturated heterocycles. The number of rotatable bonds is 4. The normalized spacial score (nSPS) is 12.0. The minimum atomic E-state index is -1.27. The summed E-state index contributed by atoms with van der Waals surface area (Å²) < 4.78 is 13.4. The minimum Gasteiger partial charge on any atom is -0.478 e. The van der Waals surface area contributed by atoms with Gasteiger partial charge in [-0.3, -0.25) is 0 Å². The Kier molecular flexibility index (Phi) is 4.26. The van der Waals surface area contributed by atoms with Crippen LogP contribution >= 0.6 is 0 Å². The smallest absolute Gasteiger partial charge is 0.338 e. The highest BCUT2D eigenvalue weighted by Gasteiger charge is 2.12. The van der Waals surface area contributed by atoms with Crippen LogP contribution in [0.2, 0.25) is 0 Å². The molecule has 1 atom stereocenters. The molecule has 3 nitrogen and oxygen atoms in total. The third kappa shape index (κ3) is 3.40. The standard InChI is InChI=1S/C17H18FNO2/c1-10-4-5-13(8-11(10)2)12(3)19-14-6-7-16(18)15(9-14)17(20)21/h4-9,12,19H,1-3H3,(H,20,21). The van der Waals surface area contributed by atoms with Gasteiger partial charge in [-0.2, -0.15) is 0 Å². The van der Waals surface area contributed by atoms with Crippen molar-refractivity contribution in [3.63, 3.8) is 0 Å². The van der Waals surface area contributed by atoms with Gasteiger partial charge in [0.05, 0.1) is 5.56 Å². The number of nitrogens with one attached hydrogen (secondary N) is 1. The second-order valence-electron chi connectivity index (χ2n) is 5.21. The van der Waals surface area contributed by atoms with Gasteiger partial charge in [-0.05, 0) is 55.7 Å². The zero-order valence-corrected chi connectivity index (χ0v) is 12.3. The van der Waals surface area contributed by atoms with Gasteiger partial charge in [-0.15, -0.1) is 0 Å². The minimum absolute atomic E-state index is 0.00333. The van der Waals surface area contributed by atoms with Crippen LogP contribution in [0.25, 0.3) is 0 Å². The molecule has 0 bridgehead atoms. The molecule has 0 aliphatic carbocycles. The van der Waals surface area contributed by atoms with Gasteiger partial charge in [0.1, 0.15) is 5.82 Å². The van der Waals surface area contributed by atoms with Gasteiger partial charge in [0.2, 0.25) is 0 Å². The topological polar surface area (TPSA) is 49.3 Å². The Balaban J connectivity index is 2.23. The van der Waals surface area contributed by atoms with E-state index in [-0.39, 0.29) is 11.6 Å². The predicted octanol–water partition coefficient (Wildman–Crippen LogP) is 4.31. The molecule has 21 heavy (non-hydrogen) atoms. The van der Waals surface area contributed by atoms with Gasteiger partial charge in [0, 0.05) is 11.7 Å². The number of hydrogen-bond acceptors (Lipinski definition) is 2. The van der Waals surface area contributed by atoms with E-state index in [4.69, 9.17) is 5.11 Å². The van der Waals surface area contributed by atoms with Crippen molar-refractivity contribution in [1.82, 2.24) is 0 Å². The number of anilines is 1. The predicted molar refractivity (Wildman–Crippen MR) is 81.3 cm³/mol. The lowest BCUT2D eigenvalue weighted by molar-refractivity contribution is 0.0692. The molecular formula is C17H18FNO2. The van der Waals surface area contributed by atoms with E-state index < -0.39 is 11.8 Å². The van der Waals surface area contributed by atoms with Crippen molar-refractivity contribution < 1.29 is 14.3 Å². The number of aryl methyl sites for hydroxylation is 2. The van der Waals surface area contributed by atoms with E-state index in [1.165, 1.54) is 23.3 Å². The number of carboxylic acid groups (broad SMARTS) is 1. The molecule has 0 amide bonds. The Morgan fingerprint density at radius 3 is 2.48 bits per heavy atom. The average Bonchev–Trinajstić information content (AvgIpc) is 2.43. The molecule has 0 aromatic heterocycles. The summed E-state index contributed by atoms with van der Waals surface area (Å²) in [5.74, 6) is -2.00. The van der Waals surface area contributed by atoms with Crippen molar-refractivity contribution in [3.8, 4) is 0 Å². The highest BCUT2D eigenvalue weighted by Crippen LogP contribution is 2.23. The van der Waals surface area contributed by atoms with E-state index in [0.29, 0.717) is 5.69 Å². The summed E-state index contributed by atoms with van der Waals surface area (Å²) in [5, 5.41) is 12.1. The maximum Gasteiger partial charge on any atom is 0.338 e. The Hall–Kier alpha value is -2.36. The van der Waals surface area contributed by atoms with Crippen molar-refractivity contribution in [2.75, 3.05) is 5.32 Å². The van der Waals surface area contributed by atoms with Crippen molar-refractivity contribution >= 4 is 11.7 Å². The number of carboxylic acids is 1. The summed E-state index contributed by atoms with van der Waals surface area (Å²) in [6, 6.07) is 10.2. The molecule has 0 aliphatic heterocycles. The summed E-state index contributed by atoms with van der Waals surface area (Å²) >= 11 is 0. The van der Waals surface area contributed by atoms with E-state index in [2.05, 4.69) is 24.4 Å². The maximum atomic E-state index is 13.4. The second kappa shape index (κ2) is 5.95. The van der Waals surface area contributed by atoms with Gasteiger partial charge < -0.3 is 10.4 Å². The Morgan fingerprint density at radius 2 is 1.86 bits per heavy atom. The zero-order chi connectivity index (χ0) is 15.6. The number of carbonyl (C=O) groups is 1. The van der Waals surface area contributed by atoms with Crippen LogP contribution in [0.4, 0.5) is 10.1 Å². The van der Waals surface area contributed by atoms with E-state index in [0.717, 1.165) is 5.56 Å². The molecule has 0 saturated carbocycles. The summed E-state index contributed by atoms with van der Waals surface area (Å²) in [4.78, 5) is 10.9. The Bertz CT molecular complexity index is 682. The molecule has 0 fully saturated rings. The zero-order valence-electron chi connectivity index (χ0n) is 12.3. The third-order valence-corrected chi connectivity index (χ3v) is 3.61. The van der Waals surface area contributed by atoms with Crippen LogP contribution in [0.1, 0.15) is 40.0 Å². The number of benzene rings is 2. The van der Waals surface area contributed by atoms with Crippen LogP contribution in [0.15, 0.2) is 36.4 Å². The molecule has 4 heteroatoms. The van der Waals surface area contributed by atoms with Crippen LogP contribution in [-0.2, 0) is 0 Å². The Labute approximate surface area is 123 Å². The molecule has 2 aromatic rings. The number of aromatic carboxylic acids is 1. The number of hydrogen-bond donors (Lipinski definition) is 2. The molecule has 2 N–H and O–H groups in total. The van der Waals surface area contributed by atoms with Crippen LogP contribution in [0, 0.1) is 19.7 Å². The van der Waals surface area contributed by atoms with Gasteiger partial charge in [-0.25, -0.2) is 9.18 Å². The molecule has 0 heterocycles. The first-order chi connectivity index (χ1) is 9.88. The molecule has 1 unspecified atom stereocenters. The maximum absolute atomic E-state index is 13.4.